The van der Waals surface area contributed by atoms with E-state index in [4.69, 9.17) is 4.42 Å². The van der Waals surface area contributed by atoms with E-state index in [1.807, 2.05) is 24.3 Å². The predicted molar refractivity (Wildman–Crippen MR) is 116 cm³/mol. The van der Waals surface area contributed by atoms with E-state index >= 15 is 0 Å². The van der Waals surface area contributed by atoms with Gasteiger partial charge in [0.15, 0.2) is 5.76 Å². The Bertz CT molecular complexity index is 1210. The van der Waals surface area contributed by atoms with Crippen molar-refractivity contribution in [3.05, 3.63) is 88.4 Å². The molecular weight excluding hydrogens is 362 g/mol. The molecule has 1 amide bonds. The fourth-order valence-corrected chi connectivity index (χ4v) is 3.65. The molecule has 0 aliphatic heterocycles. The molecule has 0 radical (unpaired) electrons. The highest BCUT2D eigenvalue weighted by atomic mass is 16.3. The number of nitrogens with one attached hydrogen (secondary N) is 1. The number of carbonyl (C=O) groups excluding carboxylic acids is 1. The van der Waals surface area contributed by atoms with Gasteiger partial charge in [-0.1, -0.05) is 35.9 Å². The lowest BCUT2D eigenvalue weighted by atomic mass is 10.1. The minimum atomic E-state index is -0.374. The molecule has 5 nitrogen and oxygen atoms in total. The maximum absolute atomic E-state index is 12.3. The van der Waals surface area contributed by atoms with E-state index in [-0.39, 0.29) is 11.7 Å². The number of rotatable bonds is 4. The summed E-state index contributed by atoms with van der Waals surface area (Å²) >= 11 is 0. The average Bonchev–Trinajstić information content (AvgIpc) is 3.24. The van der Waals surface area contributed by atoms with Crippen LogP contribution in [0.1, 0.15) is 38.6 Å². The SMILES string of the molecule is Cc1ccc(-n2c(C)cc(/C=N/NC(=O)c3cc4ccccc4o3)c2C)c(C)c1. The number of amides is 1. The van der Waals surface area contributed by atoms with Gasteiger partial charge < -0.3 is 8.98 Å². The van der Waals surface area contributed by atoms with E-state index in [2.05, 4.69) is 67.1 Å². The number of benzene rings is 2. The Morgan fingerprint density at radius 1 is 1.03 bits per heavy atom. The van der Waals surface area contributed by atoms with Crippen LogP contribution in [0.2, 0.25) is 0 Å². The van der Waals surface area contributed by atoms with Crippen molar-refractivity contribution in [1.82, 2.24) is 9.99 Å². The van der Waals surface area contributed by atoms with Gasteiger partial charge in [0.05, 0.1) is 6.21 Å². The Labute approximate surface area is 169 Å². The Morgan fingerprint density at radius 2 is 1.83 bits per heavy atom. The summed E-state index contributed by atoms with van der Waals surface area (Å²) in [5.74, 6) is -0.135. The van der Waals surface area contributed by atoms with Crippen LogP contribution in [0, 0.1) is 27.7 Å². The number of nitrogens with zero attached hydrogens (tertiary/aromatic N) is 2. The Kier molecular flexibility index (Phi) is 4.80. The minimum Gasteiger partial charge on any atom is -0.451 e. The Morgan fingerprint density at radius 3 is 2.59 bits per heavy atom. The molecule has 0 unspecified atom stereocenters. The molecule has 0 saturated carbocycles. The van der Waals surface area contributed by atoms with Crippen molar-refractivity contribution in [2.45, 2.75) is 27.7 Å². The highest BCUT2D eigenvalue weighted by molar-refractivity contribution is 5.96. The molecule has 5 heteroatoms. The molecule has 0 spiro atoms. The quantitative estimate of drug-likeness (QED) is 0.387. The van der Waals surface area contributed by atoms with Crippen LogP contribution in [-0.2, 0) is 0 Å². The number of hydrazone groups is 1. The third-order valence-corrected chi connectivity index (χ3v) is 5.08. The van der Waals surface area contributed by atoms with Crippen LogP contribution in [0.15, 0.2) is 64.1 Å². The lowest BCUT2D eigenvalue weighted by molar-refractivity contribution is 0.0929. The number of carbonyl (C=O) groups is 1. The number of para-hydroxylation sites is 1. The zero-order valence-corrected chi connectivity index (χ0v) is 17.0. The largest absolute Gasteiger partial charge is 0.451 e. The van der Waals surface area contributed by atoms with Gasteiger partial charge in [0.25, 0.3) is 0 Å². The van der Waals surface area contributed by atoms with Gasteiger partial charge in [-0.25, -0.2) is 5.43 Å². The average molecular weight is 385 g/mol. The summed E-state index contributed by atoms with van der Waals surface area (Å²) in [6.45, 7) is 8.32. The van der Waals surface area contributed by atoms with Crippen molar-refractivity contribution >= 4 is 23.1 Å². The second-order valence-corrected chi connectivity index (χ2v) is 7.30. The zero-order chi connectivity index (χ0) is 20.5. The van der Waals surface area contributed by atoms with E-state index in [0.717, 1.165) is 28.0 Å². The molecule has 146 valence electrons. The summed E-state index contributed by atoms with van der Waals surface area (Å²) in [5, 5.41) is 5.02. The summed E-state index contributed by atoms with van der Waals surface area (Å²) < 4.78 is 7.78. The first kappa shape index (κ1) is 18.7. The van der Waals surface area contributed by atoms with E-state index < -0.39 is 0 Å². The van der Waals surface area contributed by atoms with E-state index in [9.17, 15) is 4.79 Å². The topological polar surface area (TPSA) is 59.5 Å². The molecule has 0 fully saturated rings. The van der Waals surface area contributed by atoms with Crippen LogP contribution in [0.3, 0.4) is 0 Å². The van der Waals surface area contributed by atoms with Gasteiger partial charge in [-0.3, -0.25) is 4.79 Å². The van der Waals surface area contributed by atoms with Crippen molar-refractivity contribution in [2.75, 3.05) is 0 Å². The second kappa shape index (κ2) is 7.43. The maximum atomic E-state index is 12.3. The number of aryl methyl sites for hydroxylation is 3. The molecule has 0 aliphatic rings. The highest BCUT2D eigenvalue weighted by Gasteiger charge is 2.13. The first-order valence-corrected chi connectivity index (χ1v) is 9.52. The fraction of sp³-hybridized carbons (Fsp3) is 0.167. The summed E-state index contributed by atoms with van der Waals surface area (Å²) in [7, 11) is 0. The van der Waals surface area contributed by atoms with Crippen molar-refractivity contribution < 1.29 is 9.21 Å². The summed E-state index contributed by atoms with van der Waals surface area (Å²) in [5.41, 5.74) is 9.96. The molecule has 1 N–H and O–H groups in total. The van der Waals surface area contributed by atoms with Crippen LogP contribution in [0.25, 0.3) is 16.7 Å². The Hall–Kier alpha value is -3.60. The molecule has 2 aromatic carbocycles. The van der Waals surface area contributed by atoms with Crippen molar-refractivity contribution in [3.63, 3.8) is 0 Å². The third-order valence-electron chi connectivity index (χ3n) is 5.08. The predicted octanol–water partition coefficient (Wildman–Crippen LogP) is 5.22. The lowest BCUT2D eigenvalue weighted by Gasteiger charge is -2.13. The number of hydrogen-bond donors (Lipinski definition) is 1. The highest BCUT2D eigenvalue weighted by Crippen LogP contribution is 2.23. The van der Waals surface area contributed by atoms with Crippen LogP contribution in [-0.4, -0.2) is 16.7 Å². The van der Waals surface area contributed by atoms with Gasteiger partial charge in [-0.05, 0) is 57.5 Å². The van der Waals surface area contributed by atoms with Crippen molar-refractivity contribution in [2.24, 2.45) is 5.10 Å². The van der Waals surface area contributed by atoms with Crippen LogP contribution in [0.4, 0.5) is 0 Å². The second-order valence-electron chi connectivity index (χ2n) is 7.30. The molecule has 0 aliphatic carbocycles. The Balaban J connectivity index is 1.55. The first-order valence-electron chi connectivity index (χ1n) is 9.52. The summed E-state index contributed by atoms with van der Waals surface area (Å²) in [4.78, 5) is 12.3. The third kappa shape index (κ3) is 3.59. The van der Waals surface area contributed by atoms with E-state index in [1.54, 1.807) is 12.3 Å². The van der Waals surface area contributed by atoms with Gasteiger partial charge in [-0.2, -0.15) is 5.10 Å². The molecule has 2 heterocycles. The summed E-state index contributed by atoms with van der Waals surface area (Å²) in [6, 6.07) is 17.7. The molecule has 4 rings (SSSR count). The monoisotopic (exact) mass is 385 g/mol. The molecule has 0 atom stereocenters. The van der Waals surface area contributed by atoms with Crippen LogP contribution < -0.4 is 5.43 Å². The molecular formula is C24H23N3O2. The molecule has 2 aromatic heterocycles. The van der Waals surface area contributed by atoms with Gasteiger partial charge >= 0.3 is 5.91 Å². The normalized spacial score (nSPS) is 11.4. The van der Waals surface area contributed by atoms with Crippen LogP contribution in [0.5, 0.6) is 0 Å². The summed E-state index contributed by atoms with van der Waals surface area (Å²) in [6.07, 6.45) is 1.67. The number of aromatic nitrogens is 1. The minimum absolute atomic E-state index is 0.240. The van der Waals surface area contributed by atoms with Gasteiger partial charge in [0.1, 0.15) is 5.58 Å². The van der Waals surface area contributed by atoms with Crippen LogP contribution >= 0.6 is 0 Å². The van der Waals surface area contributed by atoms with Gasteiger partial charge in [0, 0.05) is 28.0 Å². The molecule has 4 aromatic rings. The van der Waals surface area contributed by atoms with Gasteiger partial charge in [-0.15, -0.1) is 0 Å². The number of fused-ring (bicyclic) bond motifs is 1. The first-order chi connectivity index (χ1) is 13.9. The fourth-order valence-electron chi connectivity index (χ4n) is 3.65. The van der Waals surface area contributed by atoms with Gasteiger partial charge in [0.2, 0.25) is 0 Å². The smallest absolute Gasteiger partial charge is 0.307 e. The molecule has 0 bridgehead atoms. The van der Waals surface area contributed by atoms with Crippen molar-refractivity contribution in [1.29, 1.82) is 0 Å². The van der Waals surface area contributed by atoms with Crippen molar-refractivity contribution in [3.8, 4) is 5.69 Å². The molecule has 0 saturated heterocycles. The van der Waals surface area contributed by atoms with E-state index in [1.165, 1.54) is 11.1 Å². The number of hydrogen-bond acceptors (Lipinski definition) is 3. The van der Waals surface area contributed by atoms with E-state index in [0.29, 0.717) is 5.58 Å². The zero-order valence-electron chi connectivity index (χ0n) is 17.0. The maximum Gasteiger partial charge on any atom is 0.307 e. The lowest BCUT2D eigenvalue weighted by Crippen LogP contribution is -2.16. The standard InChI is InChI=1S/C24H23N3O2/c1-15-9-10-21(16(2)11-15)27-17(3)12-20(18(27)4)14-25-26-24(28)23-13-19-7-5-6-8-22(19)29-23/h5-14H,1-4H3,(H,26,28)/b25-14+. The molecule has 29 heavy (non-hydrogen) atoms. The number of furan rings is 1.